The van der Waals surface area contributed by atoms with Gasteiger partial charge in [-0.05, 0) is 36.8 Å². The number of aryl methyl sites for hydroxylation is 1. The molecule has 1 amide bonds. The summed E-state index contributed by atoms with van der Waals surface area (Å²) in [5.74, 6) is 1.37. The second kappa shape index (κ2) is 6.42. The van der Waals surface area contributed by atoms with Crippen LogP contribution >= 0.6 is 11.3 Å². The van der Waals surface area contributed by atoms with E-state index in [1.54, 1.807) is 18.0 Å². The van der Waals surface area contributed by atoms with E-state index >= 15 is 0 Å². The van der Waals surface area contributed by atoms with Crippen LogP contribution in [-0.4, -0.2) is 32.8 Å². The Labute approximate surface area is 165 Å². The smallest absolute Gasteiger partial charge is 0.226 e. The topological polar surface area (TPSA) is 81.9 Å². The van der Waals surface area contributed by atoms with E-state index in [1.807, 2.05) is 43.5 Å². The zero-order valence-corrected chi connectivity index (χ0v) is 16.2. The molecule has 8 heteroatoms. The van der Waals surface area contributed by atoms with Crippen molar-refractivity contribution in [3.63, 3.8) is 0 Å². The van der Waals surface area contributed by atoms with Crippen LogP contribution in [0.5, 0.6) is 5.75 Å². The minimum absolute atomic E-state index is 0.0368. The number of fused-ring (bicyclic) bond motifs is 2. The molecule has 1 atom stereocenters. The average molecular weight is 391 g/mol. The third-order valence-electron chi connectivity index (χ3n) is 4.95. The van der Waals surface area contributed by atoms with Crippen molar-refractivity contribution in [2.24, 2.45) is 0 Å². The molecule has 0 aliphatic carbocycles. The third-order valence-corrected chi connectivity index (χ3v) is 5.95. The van der Waals surface area contributed by atoms with E-state index in [2.05, 4.69) is 10.3 Å². The van der Waals surface area contributed by atoms with Crippen LogP contribution in [0.2, 0.25) is 0 Å². The molecule has 1 aromatic carbocycles. The second-order valence-electron chi connectivity index (χ2n) is 6.68. The summed E-state index contributed by atoms with van der Waals surface area (Å²) in [4.78, 5) is 21.4. The monoisotopic (exact) mass is 391 g/mol. The Morgan fingerprint density at radius 1 is 1.32 bits per heavy atom. The van der Waals surface area contributed by atoms with E-state index in [9.17, 15) is 4.79 Å². The van der Waals surface area contributed by atoms with Crippen LogP contribution < -0.4 is 10.1 Å². The number of nitrogens with one attached hydrogen (secondary N) is 1. The number of hydrogen-bond donors (Lipinski definition) is 1. The van der Waals surface area contributed by atoms with Crippen molar-refractivity contribution < 1.29 is 9.53 Å². The van der Waals surface area contributed by atoms with Gasteiger partial charge in [-0.15, -0.1) is 0 Å². The number of methoxy groups -OCH3 is 1. The number of carbonyl (C=O) groups excluding carboxylic acids is 1. The van der Waals surface area contributed by atoms with Crippen molar-refractivity contribution in [2.45, 2.75) is 19.3 Å². The Hall–Kier alpha value is -3.26. The first kappa shape index (κ1) is 16.9. The first-order valence-electron chi connectivity index (χ1n) is 8.88. The fourth-order valence-electron chi connectivity index (χ4n) is 3.66. The lowest BCUT2D eigenvalue weighted by Gasteiger charge is -2.23. The lowest BCUT2D eigenvalue weighted by molar-refractivity contribution is -0.116. The fourth-order valence-corrected chi connectivity index (χ4v) is 4.62. The van der Waals surface area contributed by atoms with Crippen molar-refractivity contribution in [1.82, 2.24) is 19.7 Å². The van der Waals surface area contributed by atoms with Crippen molar-refractivity contribution >= 4 is 33.3 Å². The summed E-state index contributed by atoms with van der Waals surface area (Å²) in [6, 6.07) is 9.66. The number of ether oxygens (including phenoxy) is 1. The SMILES string of the molecule is COc1ccc2nc(-n3nc(C)c4c3NC(=O)C[C@H]4c3cccnc3)sc2c1. The molecule has 0 spiro atoms. The lowest BCUT2D eigenvalue weighted by Crippen LogP contribution is -2.25. The van der Waals surface area contributed by atoms with Gasteiger partial charge in [-0.3, -0.25) is 9.78 Å². The van der Waals surface area contributed by atoms with Crippen LogP contribution in [0.3, 0.4) is 0 Å². The zero-order chi connectivity index (χ0) is 19.3. The predicted octanol–water partition coefficient (Wildman–Crippen LogP) is 3.67. The highest BCUT2D eigenvalue weighted by molar-refractivity contribution is 7.20. The van der Waals surface area contributed by atoms with Gasteiger partial charge in [0.05, 0.1) is 23.0 Å². The van der Waals surface area contributed by atoms with Crippen LogP contribution in [0.1, 0.15) is 29.2 Å². The third kappa shape index (κ3) is 2.65. The summed E-state index contributed by atoms with van der Waals surface area (Å²) in [7, 11) is 1.64. The number of rotatable bonds is 3. The molecular weight excluding hydrogens is 374 g/mol. The molecule has 0 unspecified atom stereocenters. The second-order valence-corrected chi connectivity index (χ2v) is 7.69. The highest BCUT2D eigenvalue weighted by Crippen LogP contribution is 2.41. The van der Waals surface area contributed by atoms with Crippen LogP contribution in [0.15, 0.2) is 42.7 Å². The zero-order valence-electron chi connectivity index (χ0n) is 15.3. The molecule has 3 aromatic heterocycles. The van der Waals surface area contributed by atoms with Gasteiger partial charge < -0.3 is 10.1 Å². The molecule has 0 saturated carbocycles. The first-order chi connectivity index (χ1) is 13.6. The summed E-state index contributed by atoms with van der Waals surface area (Å²) in [6.45, 7) is 1.96. The molecular formula is C20H17N5O2S. The molecule has 0 fully saturated rings. The van der Waals surface area contributed by atoms with Gasteiger partial charge in [0.15, 0.2) is 0 Å². The molecule has 7 nitrogen and oxygen atoms in total. The Kier molecular flexibility index (Phi) is 3.87. The van der Waals surface area contributed by atoms with Gasteiger partial charge in [0.25, 0.3) is 0 Å². The lowest BCUT2D eigenvalue weighted by atomic mass is 9.87. The number of amides is 1. The molecule has 5 rings (SSSR count). The molecule has 140 valence electrons. The molecule has 28 heavy (non-hydrogen) atoms. The van der Waals surface area contributed by atoms with E-state index in [4.69, 9.17) is 14.8 Å². The molecule has 0 bridgehead atoms. The van der Waals surface area contributed by atoms with E-state index in [1.165, 1.54) is 11.3 Å². The predicted molar refractivity (Wildman–Crippen MR) is 107 cm³/mol. The standard InChI is InChI=1S/C20H17N5O2S/c1-11-18-14(12-4-3-7-21-10-12)9-17(26)23-19(18)25(24-11)20-22-15-6-5-13(27-2)8-16(15)28-20/h3-8,10,14H,9H2,1-2H3,(H,23,26)/t14-/m0/s1. The minimum atomic E-state index is -0.0688. The van der Waals surface area contributed by atoms with Gasteiger partial charge in [0.1, 0.15) is 11.6 Å². The number of anilines is 1. The highest BCUT2D eigenvalue weighted by atomic mass is 32.1. The molecule has 4 heterocycles. The highest BCUT2D eigenvalue weighted by Gasteiger charge is 2.33. The maximum Gasteiger partial charge on any atom is 0.226 e. The molecule has 0 radical (unpaired) electrons. The van der Waals surface area contributed by atoms with Crippen molar-refractivity contribution in [1.29, 1.82) is 0 Å². The maximum atomic E-state index is 12.5. The van der Waals surface area contributed by atoms with Crippen molar-refractivity contribution in [3.8, 4) is 10.9 Å². The summed E-state index contributed by atoms with van der Waals surface area (Å²) in [5.41, 5.74) is 3.77. The van der Waals surface area contributed by atoms with Gasteiger partial charge in [-0.25, -0.2) is 4.98 Å². The van der Waals surface area contributed by atoms with E-state index in [-0.39, 0.29) is 11.8 Å². The van der Waals surface area contributed by atoms with E-state index in [0.717, 1.165) is 32.8 Å². The molecule has 1 aliphatic rings. The number of benzene rings is 1. The maximum absolute atomic E-state index is 12.5. The summed E-state index contributed by atoms with van der Waals surface area (Å²) in [5, 5.41) is 8.41. The Bertz CT molecular complexity index is 1200. The number of aromatic nitrogens is 4. The summed E-state index contributed by atoms with van der Waals surface area (Å²) < 4.78 is 8.04. The van der Waals surface area contributed by atoms with Crippen LogP contribution in [0, 0.1) is 6.92 Å². The first-order valence-corrected chi connectivity index (χ1v) is 9.70. The van der Waals surface area contributed by atoms with Gasteiger partial charge in [0, 0.05) is 30.3 Å². The van der Waals surface area contributed by atoms with E-state index < -0.39 is 0 Å². The minimum Gasteiger partial charge on any atom is -0.497 e. The number of pyridine rings is 1. The van der Waals surface area contributed by atoms with E-state index in [0.29, 0.717) is 17.4 Å². The fraction of sp³-hybridized carbons (Fsp3) is 0.200. The molecule has 0 saturated heterocycles. The van der Waals surface area contributed by atoms with Crippen molar-refractivity contribution in [3.05, 3.63) is 59.5 Å². The normalized spacial score (nSPS) is 16.1. The van der Waals surface area contributed by atoms with Crippen LogP contribution in [0.4, 0.5) is 5.82 Å². The number of hydrogen-bond acceptors (Lipinski definition) is 6. The largest absolute Gasteiger partial charge is 0.497 e. The van der Waals surface area contributed by atoms with Gasteiger partial charge in [-0.2, -0.15) is 9.78 Å². The number of nitrogens with zero attached hydrogens (tertiary/aromatic N) is 4. The number of thiazole rings is 1. The quantitative estimate of drug-likeness (QED) is 0.576. The Morgan fingerprint density at radius 3 is 3.00 bits per heavy atom. The van der Waals surface area contributed by atoms with Crippen molar-refractivity contribution in [2.75, 3.05) is 12.4 Å². The Morgan fingerprint density at radius 2 is 2.21 bits per heavy atom. The Balaban J connectivity index is 1.66. The summed E-state index contributed by atoms with van der Waals surface area (Å²) >= 11 is 1.51. The van der Waals surface area contributed by atoms with Gasteiger partial charge >= 0.3 is 0 Å². The summed E-state index contributed by atoms with van der Waals surface area (Å²) in [6.07, 6.45) is 3.93. The molecule has 4 aromatic rings. The number of carbonyl (C=O) groups is 1. The molecule has 1 aliphatic heterocycles. The van der Waals surface area contributed by atoms with Crippen LogP contribution in [0.25, 0.3) is 15.3 Å². The molecule has 1 N–H and O–H groups in total. The van der Waals surface area contributed by atoms with Gasteiger partial charge in [-0.1, -0.05) is 17.4 Å². The van der Waals surface area contributed by atoms with Gasteiger partial charge in [0.2, 0.25) is 11.0 Å². The average Bonchev–Trinajstić information content (AvgIpc) is 3.28. The van der Waals surface area contributed by atoms with Crippen LogP contribution in [-0.2, 0) is 4.79 Å².